The molecular formula is C13H22N2O2S. The lowest BCUT2D eigenvalue weighted by Gasteiger charge is -2.47. The van der Waals surface area contributed by atoms with Crippen molar-refractivity contribution >= 4 is 23.1 Å². The predicted molar refractivity (Wildman–Crippen MR) is 74.2 cm³/mol. The highest BCUT2D eigenvalue weighted by atomic mass is 32.1. The minimum absolute atomic E-state index is 0.120. The van der Waals surface area contributed by atoms with Gasteiger partial charge < -0.3 is 15.4 Å². The summed E-state index contributed by atoms with van der Waals surface area (Å²) >= 11 is 5.14. The van der Waals surface area contributed by atoms with Crippen molar-refractivity contribution in [2.45, 2.75) is 39.2 Å². The van der Waals surface area contributed by atoms with Crippen LogP contribution in [0.3, 0.4) is 0 Å². The molecule has 1 atom stereocenters. The fourth-order valence-corrected chi connectivity index (χ4v) is 3.32. The van der Waals surface area contributed by atoms with Crippen LogP contribution in [0.15, 0.2) is 0 Å². The number of ether oxygens (including phenoxy) is 1. The van der Waals surface area contributed by atoms with Crippen molar-refractivity contribution < 1.29 is 9.53 Å². The molecule has 2 N–H and O–H groups in total. The lowest BCUT2D eigenvalue weighted by molar-refractivity contribution is -0.151. The summed E-state index contributed by atoms with van der Waals surface area (Å²) in [5, 5.41) is 0. The molecule has 0 radical (unpaired) electrons. The number of carbonyl (C=O) groups excluding carboxylic acids is 1. The van der Waals surface area contributed by atoms with Crippen molar-refractivity contribution in [2.75, 3.05) is 19.7 Å². The van der Waals surface area contributed by atoms with Gasteiger partial charge in [-0.3, -0.25) is 4.79 Å². The molecule has 0 spiro atoms. The molecule has 2 aliphatic rings. The second-order valence-electron chi connectivity index (χ2n) is 5.61. The number of hydrogen-bond donors (Lipinski definition) is 1. The number of hydrogen-bond acceptors (Lipinski definition) is 3. The average molecular weight is 270 g/mol. The van der Waals surface area contributed by atoms with Crippen molar-refractivity contribution in [3.8, 4) is 0 Å². The van der Waals surface area contributed by atoms with Crippen molar-refractivity contribution in [1.29, 1.82) is 0 Å². The summed E-state index contributed by atoms with van der Waals surface area (Å²) in [6.45, 7) is 6.17. The van der Waals surface area contributed by atoms with Gasteiger partial charge in [0.15, 0.2) is 0 Å². The van der Waals surface area contributed by atoms with E-state index in [2.05, 4.69) is 13.8 Å². The number of nitrogens with two attached hydrogens (primary N) is 1. The fraction of sp³-hybridized carbons (Fsp3) is 0.846. The van der Waals surface area contributed by atoms with Crippen LogP contribution in [0.25, 0.3) is 0 Å². The Bertz CT molecular complexity index is 353. The van der Waals surface area contributed by atoms with Gasteiger partial charge in [0.1, 0.15) is 0 Å². The van der Waals surface area contributed by atoms with Crippen LogP contribution in [0, 0.1) is 11.3 Å². The lowest BCUT2D eigenvalue weighted by atomic mass is 9.61. The van der Waals surface area contributed by atoms with E-state index >= 15 is 0 Å². The molecule has 1 heterocycles. The van der Waals surface area contributed by atoms with Gasteiger partial charge in [-0.15, -0.1) is 0 Å². The highest BCUT2D eigenvalue weighted by Crippen LogP contribution is 2.47. The van der Waals surface area contributed by atoms with E-state index in [9.17, 15) is 4.79 Å². The minimum Gasteiger partial charge on any atom is -0.392 e. The van der Waals surface area contributed by atoms with Crippen molar-refractivity contribution in [3.63, 3.8) is 0 Å². The number of rotatable bonds is 3. The molecular weight excluding hydrogens is 248 g/mol. The highest BCUT2D eigenvalue weighted by molar-refractivity contribution is 7.80. The van der Waals surface area contributed by atoms with E-state index in [1.807, 2.05) is 4.90 Å². The monoisotopic (exact) mass is 270 g/mol. The van der Waals surface area contributed by atoms with Crippen LogP contribution in [-0.2, 0) is 9.53 Å². The smallest absolute Gasteiger partial charge is 0.235 e. The summed E-state index contributed by atoms with van der Waals surface area (Å²) in [5.74, 6) is 0.660. The third kappa shape index (κ3) is 2.26. The highest BCUT2D eigenvalue weighted by Gasteiger charge is 2.52. The molecule has 102 valence electrons. The molecule has 0 bridgehead atoms. The second-order valence-corrected chi connectivity index (χ2v) is 6.05. The summed E-state index contributed by atoms with van der Waals surface area (Å²) in [6, 6.07) is 0. The van der Waals surface area contributed by atoms with Gasteiger partial charge >= 0.3 is 0 Å². The molecule has 0 aromatic heterocycles. The second kappa shape index (κ2) is 5.13. The Morgan fingerprint density at radius 3 is 2.72 bits per heavy atom. The zero-order valence-electron chi connectivity index (χ0n) is 11.1. The molecule has 4 nitrogen and oxygen atoms in total. The Labute approximate surface area is 114 Å². The Morgan fingerprint density at radius 1 is 1.56 bits per heavy atom. The van der Waals surface area contributed by atoms with Gasteiger partial charge in [0.05, 0.1) is 23.1 Å². The first-order chi connectivity index (χ1) is 8.49. The van der Waals surface area contributed by atoms with Gasteiger partial charge in [-0.05, 0) is 25.2 Å². The number of thiocarbonyl (C=S) groups is 1. The Hall–Kier alpha value is -0.680. The number of carbonyl (C=O) groups is 1. The summed E-state index contributed by atoms with van der Waals surface area (Å²) in [6.07, 6.45) is 2.69. The van der Waals surface area contributed by atoms with Crippen molar-refractivity contribution in [2.24, 2.45) is 17.1 Å². The van der Waals surface area contributed by atoms with E-state index in [0.29, 0.717) is 30.6 Å². The summed E-state index contributed by atoms with van der Waals surface area (Å²) < 4.78 is 5.60. The third-order valence-corrected chi connectivity index (χ3v) is 4.55. The largest absolute Gasteiger partial charge is 0.392 e. The Kier molecular flexibility index (Phi) is 3.92. The van der Waals surface area contributed by atoms with Crippen LogP contribution < -0.4 is 5.73 Å². The van der Waals surface area contributed by atoms with Gasteiger partial charge in [-0.25, -0.2) is 0 Å². The molecule has 5 heteroatoms. The van der Waals surface area contributed by atoms with Gasteiger partial charge in [-0.1, -0.05) is 26.1 Å². The first-order valence-corrected chi connectivity index (χ1v) is 7.11. The van der Waals surface area contributed by atoms with Gasteiger partial charge in [0, 0.05) is 13.1 Å². The van der Waals surface area contributed by atoms with Crippen LogP contribution in [-0.4, -0.2) is 41.6 Å². The van der Waals surface area contributed by atoms with E-state index < -0.39 is 5.41 Å². The molecule has 1 aliphatic carbocycles. The summed E-state index contributed by atoms with van der Waals surface area (Å²) in [5.41, 5.74) is 5.26. The molecule has 0 aromatic rings. The molecule has 1 saturated carbocycles. The lowest BCUT2D eigenvalue weighted by Crippen LogP contribution is -2.59. The van der Waals surface area contributed by atoms with Gasteiger partial charge in [0.2, 0.25) is 5.91 Å². The van der Waals surface area contributed by atoms with Crippen LogP contribution in [0.4, 0.5) is 0 Å². The first kappa shape index (κ1) is 13.7. The predicted octanol–water partition coefficient (Wildman–Crippen LogP) is 1.33. The molecule has 1 saturated heterocycles. The van der Waals surface area contributed by atoms with Crippen LogP contribution in [0.2, 0.25) is 0 Å². The molecule has 18 heavy (non-hydrogen) atoms. The number of morpholine rings is 1. The fourth-order valence-electron chi connectivity index (χ4n) is 3.06. The number of amides is 1. The minimum atomic E-state index is -0.565. The molecule has 1 amide bonds. The van der Waals surface area contributed by atoms with Gasteiger partial charge in [-0.2, -0.15) is 0 Å². The van der Waals surface area contributed by atoms with E-state index in [0.717, 1.165) is 19.3 Å². The Morgan fingerprint density at radius 2 is 2.22 bits per heavy atom. The molecule has 2 rings (SSSR count). The van der Waals surface area contributed by atoms with Crippen LogP contribution in [0.1, 0.15) is 33.1 Å². The van der Waals surface area contributed by atoms with Crippen molar-refractivity contribution in [3.05, 3.63) is 0 Å². The molecule has 0 aromatic carbocycles. The standard InChI is InChI=1S/C13H22N2O2S/c1-3-10-8-15(4-5-17-10)12(16)13(11(14)18)6-9(2)7-13/h9-10H,3-8H2,1-2H3,(H2,14,18). The number of nitrogens with zero attached hydrogens (tertiary/aromatic N) is 1. The molecule has 1 unspecified atom stereocenters. The van der Waals surface area contributed by atoms with Crippen molar-refractivity contribution in [1.82, 2.24) is 4.90 Å². The molecule has 2 fully saturated rings. The maximum atomic E-state index is 12.7. The van der Waals surface area contributed by atoms with E-state index in [4.69, 9.17) is 22.7 Å². The third-order valence-electron chi connectivity index (χ3n) is 4.16. The summed E-state index contributed by atoms with van der Waals surface area (Å²) in [4.78, 5) is 14.9. The zero-order valence-corrected chi connectivity index (χ0v) is 12.0. The van der Waals surface area contributed by atoms with Crippen LogP contribution >= 0.6 is 12.2 Å². The normalized spacial score (nSPS) is 36.0. The summed E-state index contributed by atoms with van der Waals surface area (Å²) in [7, 11) is 0. The van der Waals surface area contributed by atoms with E-state index in [1.165, 1.54) is 0 Å². The average Bonchev–Trinajstić information content (AvgIpc) is 2.33. The molecule has 1 aliphatic heterocycles. The maximum absolute atomic E-state index is 12.7. The van der Waals surface area contributed by atoms with Gasteiger partial charge in [0.25, 0.3) is 0 Å². The zero-order chi connectivity index (χ0) is 13.3. The quantitative estimate of drug-likeness (QED) is 0.786. The Balaban J connectivity index is 2.07. The van der Waals surface area contributed by atoms with E-state index in [1.54, 1.807) is 0 Å². The topological polar surface area (TPSA) is 55.6 Å². The SMILES string of the molecule is CCC1CN(C(=O)C2(C(N)=S)CC(C)C2)CCO1. The van der Waals surface area contributed by atoms with Crippen LogP contribution in [0.5, 0.6) is 0 Å². The van der Waals surface area contributed by atoms with E-state index in [-0.39, 0.29) is 12.0 Å². The first-order valence-electron chi connectivity index (χ1n) is 6.70. The maximum Gasteiger partial charge on any atom is 0.235 e.